The van der Waals surface area contributed by atoms with Crippen LogP contribution in [0.15, 0.2) is 50.6 Å². The number of rotatable bonds is 6. The Morgan fingerprint density at radius 3 is 1.28 bits per heavy atom. The monoisotopic (exact) mass is 252 g/mol. The van der Waals surface area contributed by atoms with Crippen molar-refractivity contribution in [3.8, 4) is 0 Å². The molecule has 0 heteroatoms. The molecule has 0 unspecified atom stereocenters. The molecule has 0 spiro atoms. The number of unbranched alkanes of at least 4 members (excludes halogenated alkanes) is 2. The van der Waals surface area contributed by atoms with Gasteiger partial charge in [-0.05, 0) is 25.7 Å². The summed E-state index contributed by atoms with van der Waals surface area (Å²) in [6, 6.07) is 0. The molecule has 0 aromatic heterocycles. The van der Waals surface area contributed by atoms with Gasteiger partial charge in [0.2, 0.25) is 0 Å². The van der Waals surface area contributed by atoms with Gasteiger partial charge < -0.3 is 0 Å². The predicted octanol–water partition coefficient (Wildman–Crippen LogP) is 7.11. The fraction of sp³-hybridized carbons (Fsp3) is 0.556. The molecule has 0 bridgehead atoms. The molecule has 0 N–H and O–H groups in total. The van der Waals surface area contributed by atoms with Crippen molar-refractivity contribution in [2.75, 3.05) is 0 Å². The van der Waals surface area contributed by atoms with Crippen LogP contribution in [0.2, 0.25) is 0 Å². The van der Waals surface area contributed by atoms with Crippen LogP contribution in [0, 0.1) is 0 Å². The van der Waals surface area contributed by atoms with Gasteiger partial charge in [0, 0.05) is 0 Å². The van der Waals surface area contributed by atoms with Crippen LogP contribution in [-0.2, 0) is 0 Å². The van der Waals surface area contributed by atoms with E-state index in [0.717, 1.165) is 12.8 Å². The zero-order chi connectivity index (χ0) is 15.1. The lowest BCUT2D eigenvalue weighted by atomic mass is 10.3. The van der Waals surface area contributed by atoms with Crippen molar-refractivity contribution in [1.82, 2.24) is 0 Å². The quantitative estimate of drug-likeness (QED) is 0.442. The van der Waals surface area contributed by atoms with Crippen molar-refractivity contribution in [3.63, 3.8) is 0 Å². The molecule has 0 heterocycles. The lowest BCUT2D eigenvalue weighted by Gasteiger charge is -1.79. The van der Waals surface area contributed by atoms with Crippen molar-refractivity contribution in [1.29, 1.82) is 0 Å². The Balaban J connectivity index is -0.0000000791. The molecule has 108 valence electrons. The first kappa shape index (κ1) is 25.7. The molecule has 0 amide bonds. The fourth-order valence-corrected chi connectivity index (χ4v) is 0.655. The minimum absolute atomic E-state index is 1.08. The summed E-state index contributed by atoms with van der Waals surface area (Å²) in [5.74, 6) is 0. The van der Waals surface area contributed by atoms with Crippen molar-refractivity contribution in [2.45, 2.75) is 66.2 Å². The zero-order valence-corrected chi connectivity index (χ0v) is 13.4. The Kier molecular flexibility index (Phi) is 63.6. The van der Waals surface area contributed by atoms with E-state index in [0.29, 0.717) is 0 Å². The second-order valence-electron chi connectivity index (χ2n) is 3.44. The van der Waals surface area contributed by atoms with E-state index in [1.807, 2.05) is 12.2 Å². The van der Waals surface area contributed by atoms with Crippen LogP contribution < -0.4 is 0 Å². The summed E-state index contributed by atoms with van der Waals surface area (Å²) in [5, 5.41) is 0. The molecule has 18 heavy (non-hydrogen) atoms. The molecule has 0 atom stereocenters. The number of hydrogen-bond donors (Lipinski definition) is 0. The van der Waals surface area contributed by atoms with Gasteiger partial charge in [-0.15, -0.1) is 26.3 Å². The molecule has 0 radical (unpaired) electrons. The molecular formula is C18H36. The molecule has 0 aliphatic heterocycles. The summed E-state index contributed by atoms with van der Waals surface area (Å²) in [6.07, 6.45) is 15.4. The predicted molar refractivity (Wildman–Crippen MR) is 91.2 cm³/mol. The summed E-state index contributed by atoms with van der Waals surface area (Å²) in [4.78, 5) is 0. The third-order valence-electron chi connectivity index (χ3n) is 1.64. The molecule has 0 rings (SSSR count). The molecule has 0 aliphatic rings. The van der Waals surface area contributed by atoms with Gasteiger partial charge in [0.15, 0.2) is 0 Å². The summed E-state index contributed by atoms with van der Waals surface area (Å²) in [5.41, 5.74) is 0. The first-order valence-corrected chi connectivity index (χ1v) is 7.11. The van der Waals surface area contributed by atoms with Gasteiger partial charge in [-0.25, -0.2) is 0 Å². The average molecular weight is 252 g/mol. The summed E-state index contributed by atoms with van der Waals surface area (Å²) >= 11 is 0. The average Bonchev–Trinajstić information content (AvgIpc) is 2.43. The highest BCUT2D eigenvalue weighted by atomic mass is 13.7. The van der Waals surface area contributed by atoms with Gasteiger partial charge in [-0.2, -0.15) is 0 Å². The minimum Gasteiger partial charge on any atom is -0.106 e. The first-order valence-electron chi connectivity index (χ1n) is 7.11. The molecule has 0 aromatic carbocycles. The minimum atomic E-state index is 1.08. The van der Waals surface area contributed by atoms with E-state index in [4.69, 9.17) is 0 Å². The normalized spacial score (nSPS) is 7.78. The van der Waals surface area contributed by atoms with E-state index in [2.05, 4.69) is 66.2 Å². The van der Waals surface area contributed by atoms with E-state index in [1.54, 1.807) is 0 Å². The maximum absolute atomic E-state index is 3.55. The maximum atomic E-state index is 3.55. The molecule has 0 aliphatic carbocycles. The van der Waals surface area contributed by atoms with Crippen LogP contribution in [0.5, 0.6) is 0 Å². The highest BCUT2D eigenvalue weighted by molar-refractivity contribution is 4.78. The summed E-state index contributed by atoms with van der Waals surface area (Å²) in [7, 11) is 0. The van der Waals surface area contributed by atoms with Crippen molar-refractivity contribution in [3.05, 3.63) is 50.6 Å². The zero-order valence-electron chi connectivity index (χ0n) is 13.4. The summed E-state index contributed by atoms with van der Waals surface area (Å²) in [6.45, 7) is 21.6. The second-order valence-corrected chi connectivity index (χ2v) is 3.44. The van der Waals surface area contributed by atoms with E-state index in [9.17, 15) is 0 Å². The largest absolute Gasteiger partial charge is 0.106 e. The second kappa shape index (κ2) is 44.5. The highest BCUT2D eigenvalue weighted by Gasteiger charge is 1.68. The van der Waals surface area contributed by atoms with Gasteiger partial charge in [-0.3, -0.25) is 0 Å². The highest BCUT2D eigenvalue weighted by Crippen LogP contribution is 1.88. The molecule has 0 nitrogen and oxygen atoms in total. The van der Waals surface area contributed by atoms with Gasteiger partial charge >= 0.3 is 0 Å². The maximum Gasteiger partial charge on any atom is -0.0353 e. The Morgan fingerprint density at radius 2 is 1.11 bits per heavy atom. The smallest absolute Gasteiger partial charge is 0.0353 e. The Bertz CT molecular complexity index is 142. The van der Waals surface area contributed by atoms with Crippen LogP contribution in [0.1, 0.15) is 66.2 Å². The van der Waals surface area contributed by atoms with Gasteiger partial charge in [0.25, 0.3) is 0 Å². The summed E-state index contributed by atoms with van der Waals surface area (Å²) < 4.78 is 0. The van der Waals surface area contributed by atoms with Crippen LogP contribution >= 0.6 is 0 Å². The van der Waals surface area contributed by atoms with Crippen molar-refractivity contribution < 1.29 is 0 Å². The van der Waals surface area contributed by atoms with Gasteiger partial charge in [0.05, 0.1) is 0 Å². The van der Waals surface area contributed by atoms with E-state index < -0.39 is 0 Å². The van der Waals surface area contributed by atoms with Crippen LogP contribution in [0.25, 0.3) is 0 Å². The lowest BCUT2D eigenvalue weighted by molar-refractivity contribution is 0.952. The van der Waals surface area contributed by atoms with Crippen molar-refractivity contribution in [2.24, 2.45) is 0 Å². The fourth-order valence-electron chi connectivity index (χ4n) is 0.655. The molecule has 0 saturated heterocycles. The van der Waals surface area contributed by atoms with E-state index in [1.165, 1.54) is 25.7 Å². The van der Waals surface area contributed by atoms with E-state index >= 15 is 0 Å². The molecule has 0 saturated carbocycles. The van der Waals surface area contributed by atoms with Gasteiger partial charge in [-0.1, -0.05) is 64.8 Å². The van der Waals surface area contributed by atoms with Crippen LogP contribution in [-0.4, -0.2) is 0 Å². The molecule has 0 fully saturated rings. The lowest BCUT2D eigenvalue weighted by Crippen LogP contribution is -1.58. The Hall–Kier alpha value is -1.04. The van der Waals surface area contributed by atoms with Crippen LogP contribution in [0.4, 0.5) is 0 Å². The standard InChI is InChI=1S/C7H14.C5H10.C4H8.C2H4/c1-3-5-7-6-4-2;1-3-5-4-2;1-3-4-2;1-2/h5,7H,3-4,6H2,1-2H3;3H,1,4-5H2,2H3;3H,1,4H2,2H3;1-2H2/b7-5+;;;. The van der Waals surface area contributed by atoms with Gasteiger partial charge in [0.1, 0.15) is 0 Å². The molecular weight excluding hydrogens is 216 g/mol. The van der Waals surface area contributed by atoms with Crippen molar-refractivity contribution >= 4 is 0 Å². The third-order valence-corrected chi connectivity index (χ3v) is 1.64. The number of allylic oxidation sites excluding steroid dienone is 4. The van der Waals surface area contributed by atoms with E-state index in [-0.39, 0.29) is 0 Å². The third kappa shape index (κ3) is 82.1. The topological polar surface area (TPSA) is 0 Å². The first-order chi connectivity index (χ1) is 8.74. The number of hydrogen-bond acceptors (Lipinski definition) is 0. The Morgan fingerprint density at radius 1 is 0.667 bits per heavy atom. The van der Waals surface area contributed by atoms with Crippen LogP contribution in [0.3, 0.4) is 0 Å². The Labute approximate surface area is 117 Å². The molecule has 0 aromatic rings. The SMILES string of the molecule is C=C.C=CCC.C=CCCC.CC/C=C/CCC.